The van der Waals surface area contributed by atoms with Crippen molar-refractivity contribution in [3.63, 3.8) is 0 Å². The van der Waals surface area contributed by atoms with E-state index in [1.807, 2.05) is 47.2 Å². The molecule has 0 radical (unpaired) electrons. The zero-order chi connectivity index (χ0) is 45.8. The van der Waals surface area contributed by atoms with Crippen molar-refractivity contribution >= 4 is 66.1 Å². The number of ether oxygens (including phenoxy) is 1. The van der Waals surface area contributed by atoms with Crippen molar-refractivity contribution < 1.29 is 39.5 Å². The molecule has 2 unspecified atom stereocenters. The van der Waals surface area contributed by atoms with Gasteiger partial charge in [-0.05, 0) is 123 Å². The number of alkyl halides is 3. The maximum absolute atomic E-state index is 14.2. The van der Waals surface area contributed by atoms with Gasteiger partial charge >= 0.3 is 5.51 Å². The summed E-state index contributed by atoms with van der Waals surface area (Å²) in [7, 11) is -10.9. The van der Waals surface area contributed by atoms with Gasteiger partial charge in [-0.2, -0.15) is 13.2 Å². The minimum Gasteiger partial charge on any atom is -0.380 e. The number of hydrogen-bond donors (Lipinski definition) is 2. The molecule has 2 bridgehead atoms. The third-order valence-electron chi connectivity index (χ3n) is 12.6. The summed E-state index contributed by atoms with van der Waals surface area (Å²) in [5.74, 6) is -0.640. The standard InChI is InChI=1S/C47H53ClF3N5O6S3/c48-36-14-10-33(11-15-36)43-9-5-4-6-35(43)29-54-24-26-56(27-25-54)38-16-12-34(13-17-38)46(57)53-65(60,61)42-20-21-44(45(28-42)64(58,59)47(49,50)51)52-37(32-63-41-7-2-1-3-8-41)22-23-55-30-39-18-19-40(31-55)62-39/h1-3,7-8,10-17,20-21,28,37,39-40,52H,4-6,9,18-19,22-27,29-32H2,(H,53,57)/t37-,39?,40?/m1/s1. The highest BCUT2D eigenvalue weighted by Gasteiger charge is 2.48. The van der Waals surface area contributed by atoms with Gasteiger partial charge in [0.05, 0.1) is 22.8 Å². The Hall–Kier alpha value is -4.10. The summed E-state index contributed by atoms with van der Waals surface area (Å²) in [4.78, 5) is 19.1. The maximum Gasteiger partial charge on any atom is 0.501 e. The molecule has 18 heteroatoms. The number of sulfonamides is 1. The molecule has 8 rings (SSSR count). The Morgan fingerprint density at radius 1 is 0.831 bits per heavy atom. The molecule has 1 aliphatic carbocycles. The predicted octanol–water partition coefficient (Wildman–Crippen LogP) is 8.73. The molecule has 3 aliphatic heterocycles. The van der Waals surface area contributed by atoms with Crippen LogP contribution < -0.4 is 14.9 Å². The number of carbonyl (C=O) groups is 1. The lowest BCUT2D eigenvalue weighted by atomic mass is 9.87. The summed E-state index contributed by atoms with van der Waals surface area (Å²) in [6.07, 6.45) is 7.13. The smallest absolute Gasteiger partial charge is 0.380 e. The van der Waals surface area contributed by atoms with Gasteiger partial charge in [0.25, 0.3) is 25.8 Å². The highest BCUT2D eigenvalue weighted by atomic mass is 35.5. The van der Waals surface area contributed by atoms with Gasteiger partial charge in [-0.15, -0.1) is 11.8 Å². The first kappa shape index (κ1) is 47.4. The van der Waals surface area contributed by atoms with E-state index in [9.17, 15) is 34.8 Å². The first-order valence-electron chi connectivity index (χ1n) is 22.0. The van der Waals surface area contributed by atoms with Crippen molar-refractivity contribution in [1.29, 1.82) is 0 Å². The molecule has 2 N–H and O–H groups in total. The quantitative estimate of drug-likeness (QED) is 0.105. The molecule has 3 fully saturated rings. The monoisotopic (exact) mass is 971 g/mol. The molecule has 3 heterocycles. The van der Waals surface area contributed by atoms with Crippen molar-refractivity contribution in [1.82, 2.24) is 14.5 Å². The van der Waals surface area contributed by atoms with Gasteiger partial charge in [-0.1, -0.05) is 47.5 Å². The average Bonchev–Trinajstić information content (AvgIpc) is 3.64. The SMILES string of the molecule is O=C(NS(=O)(=O)c1ccc(N[C@H](CCN2CC3CCC(C2)O3)CSc2ccccc2)c(S(=O)(=O)C(F)(F)F)c1)c1ccc(N2CCN(CC3=C(c4ccc(Cl)cc4)CCCC3)CC2)cc1. The number of nitrogens with one attached hydrogen (secondary N) is 2. The van der Waals surface area contributed by atoms with Crippen molar-refractivity contribution in [2.24, 2.45) is 0 Å². The maximum atomic E-state index is 14.2. The summed E-state index contributed by atoms with van der Waals surface area (Å²) in [6.45, 7) is 6.11. The fraction of sp³-hybridized carbons (Fsp3) is 0.426. The Labute approximate surface area is 388 Å². The van der Waals surface area contributed by atoms with Gasteiger partial charge < -0.3 is 15.0 Å². The number of anilines is 2. The largest absolute Gasteiger partial charge is 0.501 e. The third-order valence-corrected chi connectivity index (χ3v) is 16.9. The second-order valence-corrected chi connectivity index (χ2v) is 22.2. The number of piperazine rings is 1. The highest BCUT2D eigenvalue weighted by molar-refractivity contribution is 7.99. The van der Waals surface area contributed by atoms with Crippen LogP contribution in [0.4, 0.5) is 24.5 Å². The van der Waals surface area contributed by atoms with Gasteiger partial charge in [0.2, 0.25) is 0 Å². The Bertz CT molecular complexity index is 2550. The van der Waals surface area contributed by atoms with Crippen LogP contribution in [0.1, 0.15) is 60.9 Å². The topological polar surface area (TPSA) is 128 Å². The lowest BCUT2D eigenvalue weighted by molar-refractivity contribution is -0.0436. The molecule has 4 aromatic rings. The first-order chi connectivity index (χ1) is 31.1. The van der Waals surface area contributed by atoms with E-state index in [1.54, 1.807) is 12.1 Å². The normalized spacial score (nSPS) is 20.5. The molecule has 0 spiro atoms. The number of fused-ring (bicyclic) bond motifs is 2. The Morgan fingerprint density at radius 2 is 1.51 bits per heavy atom. The summed E-state index contributed by atoms with van der Waals surface area (Å²) in [5, 5.41) is 3.75. The predicted molar refractivity (Wildman–Crippen MR) is 250 cm³/mol. The molecular formula is C47H53ClF3N5O6S3. The third kappa shape index (κ3) is 11.7. The van der Waals surface area contributed by atoms with Crippen LogP contribution in [0.25, 0.3) is 5.57 Å². The molecule has 4 aliphatic rings. The van der Waals surface area contributed by atoms with Crippen LogP contribution >= 0.6 is 23.4 Å². The average molecular weight is 973 g/mol. The van der Waals surface area contributed by atoms with E-state index < -0.39 is 52.8 Å². The van der Waals surface area contributed by atoms with Crippen LogP contribution in [0.3, 0.4) is 0 Å². The fourth-order valence-corrected chi connectivity index (χ4v) is 12.3. The van der Waals surface area contributed by atoms with Crippen molar-refractivity contribution in [2.75, 3.05) is 68.3 Å². The Balaban J connectivity index is 0.930. The van der Waals surface area contributed by atoms with Crippen molar-refractivity contribution in [3.05, 3.63) is 119 Å². The number of thioether (sulfide) groups is 1. The number of carbonyl (C=O) groups excluding carboxylic acids is 1. The number of halogens is 4. The molecule has 4 aromatic carbocycles. The van der Waals surface area contributed by atoms with Crippen LogP contribution in [0.15, 0.2) is 117 Å². The van der Waals surface area contributed by atoms with Gasteiger partial charge in [-0.25, -0.2) is 21.6 Å². The number of allylic oxidation sites excluding steroid dienone is 1. The summed E-state index contributed by atoms with van der Waals surface area (Å²) in [5.41, 5.74) is -1.17. The molecular weight excluding hydrogens is 919 g/mol. The number of hydrogen-bond acceptors (Lipinski definition) is 11. The van der Waals surface area contributed by atoms with Crippen molar-refractivity contribution in [2.45, 2.75) is 83.4 Å². The second-order valence-electron chi connectivity index (χ2n) is 17.1. The summed E-state index contributed by atoms with van der Waals surface area (Å²) < 4.78 is 104. The number of morpholine rings is 1. The molecule has 0 aromatic heterocycles. The number of rotatable bonds is 16. The summed E-state index contributed by atoms with van der Waals surface area (Å²) >= 11 is 7.61. The Morgan fingerprint density at radius 3 is 2.18 bits per heavy atom. The zero-order valence-electron chi connectivity index (χ0n) is 35.8. The van der Waals surface area contributed by atoms with Crippen LogP contribution in [0.5, 0.6) is 0 Å². The van der Waals surface area contributed by atoms with Gasteiger partial charge in [0.1, 0.15) is 4.90 Å². The van der Waals surface area contributed by atoms with Gasteiger partial charge in [0.15, 0.2) is 0 Å². The number of likely N-dealkylation sites (tertiary alicyclic amines) is 1. The van der Waals surface area contributed by atoms with E-state index in [0.717, 1.165) is 99.2 Å². The molecule has 348 valence electrons. The first-order valence-corrected chi connectivity index (χ1v) is 26.3. The zero-order valence-corrected chi connectivity index (χ0v) is 39.0. The van der Waals surface area contributed by atoms with E-state index in [-0.39, 0.29) is 17.8 Å². The lowest BCUT2D eigenvalue weighted by Crippen LogP contribution is -2.47. The van der Waals surface area contributed by atoms with Crippen LogP contribution in [-0.4, -0.2) is 114 Å². The molecule has 1 amide bonds. The summed E-state index contributed by atoms with van der Waals surface area (Å²) in [6, 6.07) is 25.9. The molecule has 3 atom stereocenters. The van der Waals surface area contributed by atoms with Crippen LogP contribution in [0, 0.1) is 0 Å². The number of amides is 1. The van der Waals surface area contributed by atoms with Crippen LogP contribution in [0.2, 0.25) is 5.02 Å². The van der Waals surface area contributed by atoms with E-state index in [1.165, 1.54) is 53.4 Å². The Kier molecular flexibility index (Phi) is 14.9. The number of benzene rings is 4. The van der Waals surface area contributed by atoms with E-state index in [0.29, 0.717) is 24.8 Å². The van der Waals surface area contributed by atoms with E-state index in [4.69, 9.17) is 16.3 Å². The van der Waals surface area contributed by atoms with Gasteiger partial charge in [0, 0.05) is 85.3 Å². The second kappa shape index (κ2) is 20.4. The molecule has 65 heavy (non-hydrogen) atoms. The van der Waals surface area contributed by atoms with Crippen molar-refractivity contribution in [3.8, 4) is 0 Å². The minimum absolute atomic E-state index is 0.00313. The van der Waals surface area contributed by atoms with Gasteiger partial charge in [-0.3, -0.25) is 14.6 Å². The minimum atomic E-state index is -6.05. The highest BCUT2D eigenvalue weighted by Crippen LogP contribution is 2.38. The van der Waals surface area contributed by atoms with E-state index in [2.05, 4.69) is 32.1 Å². The number of nitrogens with zero attached hydrogens (tertiary/aromatic N) is 3. The molecule has 3 saturated heterocycles. The number of sulfone groups is 1. The van der Waals surface area contributed by atoms with Crippen LogP contribution in [-0.2, 0) is 24.6 Å². The fourth-order valence-electron chi connectivity index (χ4n) is 9.13. The lowest BCUT2D eigenvalue weighted by Gasteiger charge is -2.37. The molecule has 0 saturated carbocycles. The van der Waals surface area contributed by atoms with E-state index >= 15 is 0 Å². The molecule has 11 nitrogen and oxygen atoms in total.